The fraction of sp³-hybridized carbons (Fsp3) is 0.188. The van der Waals surface area contributed by atoms with Gasteiger partial charge in [-0.05, 0) is 32.4 Å². The third-order valence-electron chi connectivity index (χ3n) is 2.99. The molecule has 1 aromatic carbocycles. The minimum Gasteiger partial charge on any atom is -0.360 e. The van der Waals surface area contributed by atoms with Gasteiger partial charge in [0.2, 0.25) is 0 Å². The summed E-state index contributed by atoms with van der Waals surface area (Å²) in [6.07, 6.45) is 1.30. The number of anilines is 2. The molecule has 0 atom stereocenters. The Balaban J connectivity index is 2.10. The van der Waals surface area contributed by atoms with Crippen LogP contribution in [0, 0.1) is 32.1 Å². The summed E-state index contributed by atoms with van der Waals surface area (Å²) in [5, 5.41) is 18.3. The first-order valence-corrected chi connectivity index (χ1v) is 6.68. The van der Waals surface area contributed by atoms with Gasteiger partial charge in [-0.3, -0.25) is 4.79 Å². The van der Waals surface area contributed by atoms with E-state index in [9.17, 15) is 4.79 Å². The minimum atomic E-state index is -0.484. The van der Waals surface area contributed by atoms with Crippen molar-refractivity contribution in [2.24, 2.45) is 0 Å². The second-order valence-electron chi connectivity index (χ2n) is 4.91. The Labute approximate surface area is 128 Å². The normalized spacial score (nSPS) is 10.9. The van der Waals surface area contributed by atoms with Gasteiger partial charge in [-0.2, -0.15) is 5.26 Å². The molecular formula is C16H16N4O2. The minimum absolute atomic E-state index is 0.0550. The van der Waals surface area contributed by atoms with Crippen LogP contribution in [-0.4, -0.2) is 11.1 Å². The molecule has 0 unspecified atom stereocenters. The number of nitrogens with one attached hydrogen (secondary N) is 2. The fourth-order valence-corrected chi connectivity index (χ4v) is 1.87. The molecule has 0 bridgehead atoms. The summed E-state index contributed by atoms with van der Waals surface area (Å²) in [5.74, 6) is 0.584. The molecule has 112 valence electrons. The van der Waals surface area contributed by atoms with Crippen LogP contribution in [0.15, 0.2) is 40.6 Å². The van der Waals surface area contributed by atoms with Gasteiger partial charge in [-0.1, -0.05) is 22.9 Å². The number of benzene rings is 1. The van der Waals surface area contributed by atoms with Crippen molar-refractivity contribution in [1.82, 2.24) is 5.16 Å². The summed E-state index contributed by atoms with van der Waals surface area (Å²) in [6.45, 7) is 5.62. The highest BCUT2D eigenvalue weighted by Crippen LogP contribution is 2.17. The number of rotatable bonds is 4. The van der Waals surface area contributed by atoms with Crippen molar-refractivity contribution in [1.29, 1.82) is 5.26 Å². The Kier molecular flexibility index (Phi) is 4.59. The molecule has 2 aromatic rings. The van der Waals surface area contributed by atoms with Gasteiger partial charge in [-0.25, -0.2) is 0 Å². The number of hydrogen-bond acceptors (Lipinski definition) is 5. The van der Waals surface area contributed by atoms with Crippen molar-refractivity contribution in [3.05, 3.63) is 52.9 Å². The first kappa shape index (κ1) is 15.3. The van der Waals surface area contributed by atoms with Crippen LogP contribution in [0.4, 0.5) is 11.5 Å². The molecule has 22 heavy (non-hydrogen) atoms. The van der Waals surface area contributed by atoms with Crippen LogP contribution < -0.4 is 10.6 Å². The molecule has 2 rings (SSSR count). The third kappa shape index (κ3) is 3.73. The number of hydrogen-bond donors (Lipinski definition) is 2. The van der Waals surface area contributed by atoms with Gasteiger partial charge in [-0.15, -0.1) is 0 Å². The Morgan fingerprint density at radius 2 is 2.09 bits per heavy atom. The maximum absolute atomic E-state index is 12.1. The van der Waals surface area contributed by atoms with Crippen LogP contribution >= 0.6 is 0 Å². The molecule has 6 heteroatoms. The van der Waals surface area contributed by atoms with Crippen LogP contribution in [0.3, 0.4) is 0 Å². The lowest BCUT2D eigenvalue weighted by Gasteiger charge is -2.08. The largest absolute Gasteiger partial charge is 0.360 e. The van der Waals surface area contributed by atoms with Crippen LogP contribution in [0.2, 0.25) is 0 Å². The maximum atomic E-state index is 12.1. The van der Waals surface area contributed by atoms with Crippen LogP contribution in [0.1, 0.15) is 16.9 Å². The Morgan fingerprint density at radius 3 is 2.68 bits per heavy atom. The summed E-state index contributed by atoms with van der Waals surface area (Å²) >= 11 is 0. The average Bonchev–Trinajstić information content (AvgIpc) is 2.88. The van der Waals surface area contributed by atoms with E-state index in [4.69, 9.17) is 9.78 Å². The summed E-state index contributed by atoms with van der Waals surface area (Å²) in [5.41, 5.74) is 2.66. The Hall–Kier alpha value is -3.07. The van der Waals surface area contributed by atoms with Gasteiger partial charge >= 0.3 is 0 Å². The van der Waals surface area contributed by atoms with Crippen LogP contribution in [-0.2, 0) is 4.79 Å². The summed E-state index contributed by atoms with van der Waals surface area (Å²) in [6, 6.07) is 9.19. The fourth-order valence-electron chi connectivity index (χ4n) is 1.87. The van der Waals surface area contributed by atoms with Gasteiger partial charge in [0.15, 0.2) is 5.82 Å². The highest BCUT2D eigenvalue weighted by Gasteiger charge is 2.11. The van der Waals surface area contributed by atoms with E-state index in [1.165, 1.54) is 6.20 Å². The number of aryl methyl sites for hydroxylation is 3. The number of aromatic nitrogens is 1. The summed E-state index contributed by atoms with van der Waals surface area (Å²) < 4.78 is 4.89. The number of carbonyl (C=O) groups excluding carboxylic acids is 1. The van der Waals surface area contributed by atoms with Crippen LogP contribution in [0.25, 0.3) is 0 Å². The predicted octanol–water partition coefficient (Wildman–Crippen LogP) is 3.06. The van der Waals surface area contributed by atoms with Crippen molar-refractivity contribution in [2.45, 2.75) is 20.8 Å². The zero-order valence-electron chi connectivity index (χ0n) is 12.6. The Bertz CT molecular complexity index is 769. The van der Waals surface area contributed by atoms with Crippen molar-refractivity contribution < 1.29 is 9.32 Å². The second-order valence-corrected chi connectivity index (χ2v) is 4.91. The molecule has 1 aromatic heterocycles. The quantitative estimate of drug-likeness (QED) is 0.668. The molecule has 0 radical (unpaired) electrons. The third-order valence-corrected chi connectivity index (χ3v) is 2.99. The molecule has 0 fully saturated rings. The van der Waals surface area contributed by atoms with E-state index in [0.717, 1.165) is 11.1 Å². The molecule has 1 amide bonds. The zero-order valence-corrected chi connectivity index (χ0v) is 12.6. The number of nitriles is 1. The van der Waals surface area contributed by atoms with Crippen molar-refractivity contribution in [3.63, 3.8) is 0 Å². The van der Waals surface area contributed by atoms with Crippen LogP contribution in [0.5, 0.6) is 0 Å². The van der Waals surface area contributed by atoms with E-state index in [2.05, 4.69) is 15.8 Å². The topological polar surface area (TPSA) is 91.0 Å². The van der Waals surface area contributed by atoms with Crippen molar-refractivity contribution in [2.75, 3.05) is 10.6 Å². The second kappa shape index (κ2) is 6.59. The predicted molar refractivity (Wildman–Crippen MR) is 83.1 cm³/mol. The molecule has 1 heterocycles. The summed E-state index contributed by atoms with van der Waals surface area (Å²) in [7, 11) is 0. The molecule has 0 aliphatic rings. The van der Waals surface area contributed by atoms with E-state index in [1.807, 2.05) is 38.1 Å². The number of nitrogens with zero attached hydrogens (tertiary/aromatic N) is 2. The van der Waals surface area contributed by atoms with E-state index in [0.29, 0.717) is 17.3 Å². The highest BCUT2D eigenvalue weighted by atomic mass is 16.5. The van der Waals surface area contributed by atoms with Gasteiger partial charge in [0.25, 0.3) is 5.91 Å². The lowest BCUT2D eigenvalue weighted by atomic mass is 10.1. The van der Waals surface area contributed by atoms with Crippen molar-refractivity contribution in [3.8, 4) is 6.07 Å². The van der Waals surface area contributed by atoms with Gasteiger partial charge in [0.05, 0.1) is 0 Å². The van der Waals surface area contributed by atoms with Gasteiger partial charge in [0.1, 0.15) is 17.4 Å². The molecule has 0 saturated heterocycles. The van der Waals surface area contributed by atoms with Crippen molar-refractivity contribution >= 4 is 17.4 Å². The molecule has 0 saturated carbocycles. The molecule has 6 nitrogen and oxygen atoms in total. The number of amides is 1. The van der Waals surface area contributed by atoms with Gasteiger partial charge < -0.3 is 15.2 Å². The SMILES string of the molecule is Cc1ccc(NC(=O)/C(C#N)=C\Nc2cc(C)on2)c(C)c1. The molecule has 0 aliphatic carbocycles. The Morgan fingerprint density at radius 1 is 1.32 bits per heavy atom. The first-order chi connectivity index (χ1) is 10.5. The van der Waals surface area contributed by atoms with E-state index in [1.54, 1.807) is 13.0 Å². The smallest absolute Gasteiger partial charge is 0.267 e. The standard InChI is InChI=1S/C16H16N4O2/c1-10-4-5-14(11(2)6-10)19-16(21)13(8-17)9-18-15-7-12(3)22-20-15/h4-7,9H,1-3H3,(H,18,20)(H,19,21)/b13-9-. The van der Waals surface area contributed by atoms with E-state index in [-0.39, 0.29) is 5.57 Å². The summed E-state index contributed by atoms with van der Waals surface area (Å²) in [4.78, 5) is 12.1. The monoisotopic (exact) mass is 296 g/mol. The molecule has 0 spiro atoms. The lowest BCUT2D eigenvalue weighted by Crippen LogP contribution is -2.15. The molecular weight excluding hydrogens is 280 g/mol. The highest BCUT2D eigenvalue weighted by molar-refractivity contribution is 6.07. The average molecular weight is 296 g/mol. The maximum Gasteiger partial charge on any atom is 0.267 e. The first-order valence-electron chi connectivity index (χ1n) is 6.68. The van der Waals surface area contributed by atoms with E-state index < -0.39 is 5.91 Å². The van der Waals surface area contributed by atoms with Gasteiger partial charge in [0, 0.05) is 18.0 Å². The molecule has 2 N–H and O–H groups in total. The lowest BCUT2D eigenvalue weighted by molar-refractivity contribution is -0.112. The number of carbonyl (C=O) groups is 1. The molecule has 0 aliphatic heterocycles. The van der Waals surface area contributed by atoms with E-state index >= 15 is 0 Å². The zero-order chi connectivity index (χ0) is 16.1.